The van der Waals surface area contributed by atoms with Crippen LogP contribution in [0.2, 0.25) is 0 Å². The van der Waals surface area contributed by atoms with E-state index in [1.807, 2.05) is 0 Å². The van der Waals surface area contributed by atoms with Gasteiger partial charge in [0.05, 0.1) is 0 Å². The van der Waals surface area contributed by atoms with Crippen LogP contribution in [0.15, 0.2) is 186 Å². The van der Waals surface area contributed by atoms with Gasteiger partial charge in [0.2, 0.25) is 0 Å². The van der Waals surface area contributed by atoms with Gasteiger partial charge >= 0.3 is 0 Å². The lowest BCUT2D eigenvalue weighted by Gasteiger charge is -2.21. The average molecular weight is 713 g/mol. The summed E-state index contributed by atoms with van der Waals surface area (Å²) in [5, 5.41) is 12.4. The second kappa shape index (κ2) is 11.5. The van der Waals surface area contributed by atoms with Gasteiger partial charge in [-0.05, 0) is 117 Å². The SMILES string of the molecule is CC1(C)c2ccccc2-c2cc3oc4cc(-c5ccc(-c6c7ccccc7c(-c7cccc8ccccc78)c7ccccc67)cc5)c5ccccc5c4c3cc21. The molecule has 1 aliphatic carbocycles. The first kappa shape index (κ1) is 31.4. The predicted molar refractivity (Wildman–Crippen MR) is 238 cm³/mol. The van der Waals surface area contributed by atoms with E-state index in [0.717, 1.165) is 11.2 Å². The van der Waals surface area contributed by atoms with Crippen LogP contribution in [0.3, 0.4) is 0 Å². The summed E-state index contributed by atoms with van der Waals surface area (Å²) >= 11 is 0. The fourth-order valence-corrected chi connectivity index (χ4v) is 10.1. The van der Waals surface area contributed by atoms with Crippen LogP contribution in [-0.2, 0) is 5.41 Å². The van der Waals surface area contributed by atoms with E-state index in [-0.39, 0.29) is 5.41 Å². The van der Waals surface area contributed by atoms with Gasteiger partial charge in [-0.2, -0.15) is 0 Å². The van der Waals surface area contributed by atoms with Crippen molar-refractivity contribution in [2.75, 3.05) is 0 Å². The van der Waals surface area contributed by atoms with E-state index in [2.05, 4.69) is 196 Å². The number of hydrogen-bond donors (Lipinski definition) is 0. The topological polar surface area (TPSA) is 13.1 Å². The number of rotatable bonds is 3. The minimum atomic E-state index is -0.0753. The molecule has 0 spiro atoms. The maximum Gasteiger partial charge on any atom is 0.136 e. The molecule has 10 aromatic carbocycles. The molecule has 0 radical (unpaired) electrons. The molecule has 12 rings (SSSR count). The number of fused-ring (bicyclic) bond motifs is 11. The van der Waals surface area contributed by atoms with E-state index < -0.39 is 0 Å². The Morgan fingerprint density at radius 3 is 1.61 bits per heavy atom. The largest absolute Gasteiger partial charge is 0.456 e. The van der Waals surface area contributed by atoms with Gasteiger partial charge in [0.1, 0.15) is 11.2 Å². The van der Waals surface area contributed by atoms with E-state index in [9.17, 15) is 0 Å². The number of benzene rings is 10. The molecule has 1 heteroatoms. The lowest BCUT2D eigenvalue weighted by molar-refractivity contribution is 0.658. The third kappa shape index (κ3) is 4.31. The van der Waals surface area contributed by atoms with Crippen LogP contribution in [-0.4, -0.2) is 0 Å². The maximum absolute atomic E-state index is 6.80. The van der Waals surface area contributed by atoms with Crippen molar-refractivity contribution in [3.05, 3.63) is 193 Å². The summed E-state index contributed by atoms with van der Waals surface area (Å²) in [4.78, 5) is 0. The molecule has 262 valence electrons. The van der Waals surface area contributed by atoms with Gasteiger partial charge < -0.3 is 4.42 Å². The van der Waals surface area contributed by atoms with Gasteiger partial charge in [0, 0.05) is 16.2 Å². The van der Waals surface area contributed by atoms with Crippen LogP contribution < -0.4 is 0 Å². The molecule has 0 saturated carbocycles. The van der Waals surface area contributed by atoms with Gasteiger partial charge in [-0.25, -0.2) is 0 Å². The average Bonchev–Trinajstić information content (AvgIpc) is 3.72. The third-order valence-corrected chi connectivity index (χ3v) is 12.7. The quantitative estimate of drug-likeness (QED) is 0.166. The molecule has 0 amide bonds. The Balaban J connectivity index is 1.04. The molecule has 0 atom stereocenters. The molecule has 1 aliphatic rings. The van der Waals surface area contributed by atoms with E-state index in [1.165, 1.54) is 109 Å². The predicted octanol–water partition coefficient (Wildman–Crippen LogP) is 15.5. The Morgan fingerprint density at radius 1 is 0.339 bits per heavy atom. The van der Waals surface area contributed by atoms with Crippen LogP contribution in [0.25, 0.3) is 110 Å². The van der Waals surface area contributed by atoms with E-state index in [1.54, 1.807) is 0 Å². The summed E-state index contributed by atoms with van der Waals surface area (Å²) in [6, 6.07) is 67.0. The lowest BCUT2D eigenvalue weighted by Crippen LogP contribution is -2.14. The van der Waals surface area contributed by atoms with Crippen LogP contribution >= 0.6 is 0 Å². The molecule has 0 bridgehead atoms. The third-order valence-electron chi connectivity index (χ3n) is 12.7. The Labute approximate surface area is 325 Å². The van der Waals surface area contributed by atoms with Crippen molar-refractivity contribution in [1.82, 2.24) is 0 Å². The summed E-state index contributed by atoms with van der Waals surface area (Å²) in [6.45, 7) is 4.69. The molecule has 0 aliphatic heterocycles. The number of hydrogen-bond acceptors (Lipinski definition) is 1. The van der Waals surface area contributed by atoms with Gasteiger partial charge in [0.15, 0.2) is 0 Å². The summed E-state index contributed by atoms with van der Waals surface area (Å²) in [7, 11) is 0. The molecule has 1 nitrogen and oxygen atoms in total. The Bertz CT molecular complexity index is 3370. The molecule has 1 aromatic heterocycles. The van der Waals surface area contributed by atoms with E-state index in [0.29, 0.717) is 0 Å². The van der Waals surface area contributed by atoms with Crippen molar-refractivity contribution in [3.63, 3.8) is 0 Å². The normalized spacial score (nSPS) is 13.3. The maximum atomic E-state index is 6.80. The fourth-order valence-electron chi connectivity index (χ4n) is 10.1. The zero-order chi connectivity index (χ0) is 37.1. The second-order valence-corrected chi connectivity index (χ2v) is 16.0. The zero-order valence-electron chi connectivity index (χ0n) is 31.2. The van der Waals surface area contributed by atoms with Gasteiger partial charge in [0.25, 0.3) is 0 Å². The Kier molecular flexibility index (Phi) is 6.46. The van der Waals surface area contributed by atoms with Crippen molar-refractivity contribution in [3.8, 4) is 44.5 Å². The fraction of sp³-hybridized carbons (Fsp3) is 0.0545. The molecular formula is C55H36O. The van der Waals surface area contributed by atoms with Gasteiger partial charge in [-0.15, -0.1) is 0 Å². The minimum Gasteiger partial charge on any atom is -0.456 e. The van der Waals surface area contributed by atoms with Crippen LogP contribution in [0, 0.1) is 0 Å². The molecule has 0 fully saturated rings. The minimum absolute atomic E-state index is 0.0753. The molecule has 1 heterocycles. The highest BCUT2D eigenvalue weighted by Gasteiger charge is 2.36. The summed E-state index contributed by atoms with van der Waals surface area (Å²) in [6.07, 6.45) is 0. The molecule has 0 saturated heterocycles. The van der Waals surface area contributed by atoms with Gasteiger partial charge in [-0.1, -0.05) is 178 Å². The van der Waals surface area contributed by atoms with Crippen molar-refractivity contribution in [1.29, 1.82) is 0 Å². The second-order valence-electron chi connectivity index (χ2n) is 16.0. The summed E-state index contributed by atoms with van der Waals surface area (Å²) in [5.41, 5.74) is 14.5. The lowest BCUT2D eigenvalue weighted by atomic mass is 9.82. The molecule has 11 aromatic rings. The van der Waals surface area contributed by atoms with Crippen molar-refractivity contribution >= 4 is 65.0 Å². The Morgan fingerprint density at radius 2 is 0.875 bits per heavy atom. The van der Waals surface area contributed by atoms with Crippen molar-refractivity contribution in [2.45, 2.75) is 19.3 Å². The summed E-state index contributed by atoms with van der Waals surface area (Å²) in [5.74, 6) is 0. The highest BCUT2D eigenvalue weighted by molar-refractivity contribution is 6.25. The molecule has 0 N–H and O–H groups in total. The molecular weight excluding hydrogens is 677 g/mol. The van der Waals surface area contributed by atoms with Gasteiger partial charge in [-0.3, -0.25) is 0 Å². The molecule has 56 heavy (non-hydrogen) atoms. The highest BCUT2D eigenvalue weighted by Crippen LogP contribution is 2.52. The van der Waals surface area contributed by atoms with E-state index >= 15 is 0 Å². The Hall–Kier alpha value is -6.96. The highest BCUT2D eigenvalue weighted by atomic mass is 16.3. The van der Waals surface area contributed by atoms with Crippen molar-refractivity contribution in [2.24, 2.45) is 0 Å². The first-order valence-electron chi connectivity index (χ1n) is 19.6. The van der Waals surface area contributed by atoms with E-state index in [4.69, 9.17) is 4.42 Å². The van der Waals surface area contributed by atoms with Crippen LogP contribution in [0.1, 0.15) is 25.0 Å². The first-order chi connectivity index (χ1) is 27.5. The first-order valence-corrected chi connectivity index (χ1v) is 19.6. The monoisotopic (exact) mass is 712 g/mol. The standard InChI is InChI=1S/C55H36O/c1-55(2)48-25-12-11-18-38(48)46-32-50-47(30-49(46)55)54-40-19-6-5-17-37(40)45(31-51(54)56-50)34-26-28-35(29-27-34)52-41-20-7-9-22-43(41)53(44-23-10-8-21-42(44)52)39-24-13-15-33-14-3-4-16-36(33)39/h3-32H,1-2H3. The molecule has 0 unspecified atom stereocenters. The van der Waals surface area contributed by atoms with Crippen LogP contribution in [0.4, 0.5) is 0 Å². The zero-order valence-corrected chi connectivity index (χ0v) is 31.2. The summed E-state index contributed by atoms with van der Waals surface area (Å²) < 4.78 is 6.80. The van der Waals surface area contributed by atoms with Crippen LogP contribution in [0.5, 0.6) is 0 Å². The van der Waals surface area contributed by atoms with Crippen molar-refractivity contribution < 1.29 is 4.42 Å². The smallest absolute Gasteiger partial charge is 0.136 e. The number of furan rings is 1.